The molecular weight excluding hydrogens is 384 g/mol. The van der Waals surface area contributed by atoms with Crippen molar-refractivity contribution in [1.29, 1.82) is 0 Å². The molecule has 0 heterocycles. The predicted octanol–water partition coefficient (Wildman–Crippen LogP) is 9.54. The van der Waals surface area contributed by atoms with Crippen LogP contribution >= 0.6 is 11.8 Å². The molecule has 0 fully saturated rings. The van der Waals surface area contributed by atoms with Crippen LogP contribution in [0.1, 0.15) is 133 Å². The van der Waals surface area contributed by atoms with Crippen LogP contribution in [0.25, 0.3) is 0 Å². The molecule has 0 aliphatic heterocycles. The molecule has 1 N–H and O–H groups in total. The fourth-order valence-corrected chi connectivity index (χ4v) is 5.46. The smallest absolute Gasteiger partial charge is 0.121 e. The van der Waals surface area contributed by atoms with Crippen molar-refractivity contribution in [2.45, 2.75) is 136 Å². The normalized spacial score (nSPS) is 11.3. The van der Waals surface area contributed by atoms with E-state index in [9.17, 15) is 5.11 Å². The minimum atomic E-state index is 0.585. The Morgan fingerprint density at radius 3 is 1.80 bits per heavy atom. The van der Waals surface area contributed by atoms with E-state index in [2.05, 4.69) is 45.5 Å². The molecule has 0 unspecified atom stereocenters. The minimum absolute atomic E-state index is 0.585. The third-order valence-corrected chi connectivity index (χ3v) is 7.34. The number of phenolic OH excluding ortho intramolecular Hbond substituents is 1. The predicted molar refractivity (Wildman–Crippen MR) is 138 cm³/mol. The second-order valence-electron chi connectivity index (χ2n) is 9.10. The SMILES string of the molecule is CCCCCCCCc1cc(C)c(O)c(CCCCCCCC)c1CSCCCC. The molecule has 2 heteroatoms. The number of phenols is 1. The van der Waals surface area contributed by atoms with Crippen LogP contribution in [-0.2, 0) is 18.6 Å². The molecule has 1 aromatic carbocycles. The quantitative estimate of drug-likeness (QED) is 0.219. The van der Waals surface area contributed by atoms with Gasteiger partial charge in [0.05, 0.1) is 0 Å². The molecule has 0 bridgehead atoms. The number of aromatic hydroxyl groups is 1. The number of unbranched alkanes of at least 4 members (excludes halogenated alkanes) is 11. The van der Waals surface area contributed by atoms with E-state index in [0.717, 1.165) is 17.7 Å². The highest BCUT2D eigenvalue weighted by Gasteiger charge is 2.16. The molecule has 0 aliphatic carbocycles. The van der Waals surface area contributed by atoms with Gasteiger partial charge in [0.15, 0.2) is 0 Å². The lowest BCUT2D eigenvalue weighted by Crippen LogP contribution is -2.03. The van der Waals surface area contributed by atoms with Crippen LogP contribution in [0.5, 0.6) is 5.75 Å². The first-order valence-corrected chi connectivity index (χ1v) is 14.2. The number of rotatable bonds is 19. The standard InChI is InChI=1S/C28H50OS/c1-5-8-11-13-15-17-19-25-22-24(4)28(29)26(20-18-16-14-12-9-6-2)27(25)23-30-21-10-7-3/h22,29H,5-21,23H2,1-4H3. The Labute approximate surface area is 192 Å². The molecule has 0 saturated heterocycles. The molecule has 0 radical (unpaired) electrons. The van der Waals surface area contributed by atoms with Crippen molar-refractivity contribution < 1.29 is 5.11 Å². The van der Waals surface area contributed by atoms with E-state index in [4.69, 9.17) is 0 Å². The van der Waals surface area contributed by atoms with E-state index in [0.29, 0.717) is 5.75 Å². The summed E-state index contributed by atoms with van der Waals surface area (Å²) in [7, 11) is 0. The van der Waals surface area contributed by atoms with Crippen LogP contribution in [-0.4, -0.2) is 10.9 Å². The Morgan fingerprint density at radius 1 is 0.667 bits per heavy atom. The summed E-state index contributed by atoms with van der Waals surface area (Å²) in [5.41, 5.74) is 5.35. The molecule has 0 aromatic heterocycles. The monoisotopic (exact) mass is 434 g/mol. The Balaban J connectivity index is 2.80. The molecule has 30 heavy (non-hydrogen) atoms. The number of hydrogen-bond donors (Lipinski definition) is 1. The molecule has 174 valence electrons. The Hall–Kier alpha value is -0.630. The van der Waals surface area contributed by atoms with Gasteiger partial charge in [0.1, 0.15) is 5.75 Å². The van der Waals surface area contributed by atoms with Gasteiger partial charge in [0.2, 0.25) is 0 Å². The summed E-state index contributed by atoms with van der Waals surface area (Å²) in [5, 5.41) is 10.9. The van der Waals surface area contributed by atoms with Gasteiger partial charge in [-0.05, 0) is 67.0 Å². The molecule has 0 saturated carbocycles. The van der Waals surface area contributed by atoms with Crippen molar-refractivity contribution in [2.24, 2.45) is 0 Å². The van der Waals surface area contributed by atoms with E-state index >= 15 is 0 Å². The third kappa shape index (κ3) is 11.1. The van der Waals surface area contributed by atoms with Gasteiger partial charge in [0, 0.05) is 5.75 Å². The highest BCUT2D eigenvalue weighted by Crippen LogP contribution is 2.34. The van der Waals surface area contributed by atoms with Gasteiger partial charge in [-0.15, -0.1) is 0 Å². The van der Waals surface area contributed by atoms with Crippen molar-refractivity contribution in [3.8, 4) is 5.75 Å². The fraction of sp³-hybridized carbons (Fsp3) is 0.786. The van der Waals surface area contributed by atoms with Gasteiger partial charge >= 0.3 is 0 Å². The van der Waals surface area contributed by atoms with Crippen LogP contribution in [0.15, 0.2) is 6.07 Å². The number of thioether (sulfide) groups is 1. The van der Waals surface area contributed by atoms with Gasteiger partial charge < -0.3 is 5.11 Å². The Bertz CT molecular complexity index is 552. The average Bonchev–Trinajstić information content (AvgIpc) is 2.74. The summed E-state index contributed by atoms with van der Waals surface area (Å²) in [6.45, 7) is 8.93. The van der Waals surface area contributed by atoms with E-state index in [-0.39, 0.29) is 0 Å². The lowest BCUT2D eigenvalue weighted by Gasteiger charge is -2.19. The highest BCUT2D eigenvalue weighted by atomic mass is 32.2. The maximum atomic E-state index is 10.9. The first-order valence-electron chi connectivity index (χ1n) is 13.1. The van der Waals surface area contributed by atoms with Crippen LogP contribution in [0, 0.1) is 6.92 Å². The summed E-state index contributed by atoms with van der Waals surface area (Å²) < 4.78 is 0. The summed E-state index contributed by atoms with van der Waals surface area (Å²) in [5.74, 6) is 2.89. The molecule has 1 nitrogen and oxygen atoms in total. The average molecular weight is 435 g/mol. The lowest BCUT2D eigenvalue weighted by atomic mass is 9.91. The first-order chi connectivity index (χ1) is 14.7. The van der Waals surface area contributed by atoms with Gasteiger partial charge in [-0.25, -0.2) is 0 Å². The lowest BCUT2D eigenvalue weighted by molar-refractivity contribution is 0.460. The summed E-state index contributed by atoms with van der Waals surface area (Å²) >= 11 is 2.06. The largest absolute Gasteiger partial charge is 0.507 e. The van der Waals surface area contributed by atoms with Gasteiger partial charge in [-0.1, -0.05) is 97.5 Å². The zero-order valence-electron chi connectivity index (χ0n) is 20.7. The topological polar surface area (TPSA) is 20.2 Å². The zero-order valence-corrected chi connectivity index (χ0v) is 21.5. The molecule has 0 atom stereocenters. The zero-order chi connectivity index (χ0) is 22.0. The second-order valence-corrected chi connectivity index (χ2v) is 10.2. The van der Waals surface area contributed by atoms with Gasteiger partial charge in [-0.2, -0.15) is 11.8 Å². The fourth-order valence-electron chi connectivity index (χ4n) is 4.26. The van der Waals surface area contributed by atoms with E-state index < -0.39 is 0 Å². The van der Waals surface area contributed by atoms with Crippen molar-refractivity contribution in [1.82, 2.24) is 0 Å². The molecule has 1 aromatic rings. The van der Waals surface area contributed by atoms with Gasteiger partial charge in [-0.3, -0.25) is 0 Å². The number of aryl methyl sites for hydroxylation is 2. The van der Waals surface area contributed by atoms with Crippen molar-refractivity contribution in [3.05, 3.63) is 28.3 Å². The second kappa shape index (κ2) is 18.0. The summed E-state index contributed by atoms with van der Waals surface area (Å²) in [6, 6.07) is 2.29. The maximum absolute atomic E-state index is 10.9. The number of hydrogen-bond acceptors (Lipinski definition) is 2. The maximum Gasteiger partial charge on any atom is 0.121 e. The Morgan fingerprint density at radius 2 is 1.20 bits per heavy atom. The first kappa shape index (κ1) is 27.4. The molecule has 0 aliphatic rings. The van der Waals surface area contributed by atoms with Crippen LogP contribution in [0.3, 0.4) is 0 Å². The van der Waals surface area contributed by atoms with E-state index in [1.54, 1.807) is 0 Å². The molecule has 0 spiro atoms. The summed E-state index contributed by atoms with van der Waals surface area (Å²) in [4.78, 5) is 0. The van der Waals surface area contributed by atoms with Crippen LogP contribution in [0.4, 0.5) is 0 Å². The van der Waals surface area contributed by atoms with E-state index in [1.807, 2.05) is 0 Å². The number of benzene rings is 1. The molecule has 0 amide bonds. The van der Waals surface area contributed by atoms with Crippen LogP contribution in [0.2, 0.25) is 0 Å². The van der Waals surface area contributed by atoms with Crippen molar-refractivity contribution in [3.63, 3.8) is 0 Å². The van der Waals surface area contributed by atoms with Crippen molar-refractivity contribution in [2.75, 3.05) is 5.75 Å². The van der Waals surface area contributed by atoms with Crippen molar-refractivity contribution >= 4 is 11.8 Å². The Kier molecular flexibility index (Phi) is 16.4. The third-order valence-electron chi connectivity index (χ3n) is 6.27. The van der Waals surface area contributed by atoms with E-state index in [1.165, 1.54) is 119 Å². The minimum Gasteiger partial charge on any atom is -0.507 e. The van der Waals surface area contributed by atoms with Crippen LogP contribution < -0.4 is 0 Å². The molecule has 1 rings (SSSR count). The summed E-state index contributed by atoms with van der Waals surface area (Å²) in [6.07, 6.45) is 20.7. The molecular formula is C28H50OS. The van der Waals surface area contributed by atoms with Gasteiger partial charge in [0.25, 0.3) is 0 Å². The highest BCUT2D eigenvalue weighted by molar-refractivity contribution is 7.98.